The fraction of sp³-hybridized carbons (Fsp3) is 0.222. The second kappa shape index (κ2) is 8.62. The molecule has 0 amide bonds. The van der Waals surface area contributed by atoms with Crippen LogP contribution in [0.5, 0.6) is 11.5 Å². The predicted molar refractivity (Wildman–Crippen MR) is 86.0 cm³/mol. The SMILES string of the molecule is COc1cccc(C(C)=O)c1.COc1ccccc1C(C)=O. The summed E-state index contributed by atoms with van der Waals surface area (Å²) in [7, 11) is 3.14. The van der Waals surface area contributed by atoms with Gasteiger partial charge in [-0.25, -0.2) is 0 Å². The third kappa shape index (κ3) is 5.05. The number of benzene rings is 2. The third-order valence-electron chi connectivity index (χ3n) is 2.96. The van der Waals surface area contributed by atoms with Gasteiger partial charge in [0.15, 0.2) is 11.6 Å². The van der Waals surface area contributed by atoms with Crippen LogP contribution in [-0.2, 0) is 0 Å². The van der Waals surface area contributed by atoms with Crippen LogP contribution >= 0.6 is 0 Å². The van der Waals surface area contributed by atoms with Crippen LogP contribution in [0.2, 0.25) is 0 Å². The Kier molecular flexibility index (Phi) is 6.83. The monoisotopic (exact) mass is 300 g/mol. The van der Waals surface area contributed by atoms with E-state index >= 15 is 0 Å². The number of carbonyl (C=O) groups excluding carboxylic acids is 2. The van der Waals surface area contributed by atoms with Crippen molar-refractivity contribution in [2.24, 2.45) is 0 Å². The van der Waals surface area contributed by atoms with Crippen LogP contribution in [0.15, 0.2) is 48.5 Å². The quantitative estimate of drug-likeness (QED) is 0.806. The fourth-order valence-electron chi connectivity index (χ4n) is 1.78. The molecule has 2 aromatic carbocycles. The molecule has 0 heterocycles. The first-order valence-corrected chi connectivity index (χ1v) is 6.78. The van der Waals surface area contributed by atoms with E-state index in [9.17, 15) is 9.59 Å². The number of ether oxygens (including phenoxy) is 2. The summed E-state index contributed by atoms with van der Waals surface area (Å²) in [6, 6.07) is 14.3. The molecule has 0 bridgehead atoms. The predicted octanol–water partition coefficient (Wildman–Crippen LogP) is 3.80. The minimum Gasteiger partial charge on any atom is -0.497 e. The second-order valence-corrected chi connectivity index (χ2v) is 4.54. The van der Waals surface area contributed by atoms with Gasteiger partial charge in [-0.3, -0.25) is 9.59 Å². The molecule has 0 aliphatic heterocycles. The number of hydrogen-bond donors (Lipinski definition) is 0. The number of carbonyl (C=O) groups is 2. The summed E-state index contributed by atoms with van der Waals surface area (Å²) in [4.78, 5) is 21.8. The third-order valence-corrected chi connectivity index (χ3v) is 2.96. The van der Waals surface area contributed by atoms with Crippen molar-refractivity contribution in [1.82, 2.24) is 0 Å². The van der Waals surface area contributed by atoms with E-state index in [-0.39, 0.29) is 11.6 Å². The maximum Gasteiger partial charge on any atom is 0.163 e. The molecule has 0 radical (unpaired) electrons. The van der Waals surface area contributed by atoms with Crippen LogP contribution in [0, 0.1) is 0 Å². The first-order chi connectivity index (χ1) is 10.5. The van der Waals surface area contributed by atoms with Gasteiger partial charge in [-0.1, -0.05) is 24.3 Å². The molecule has 0 saturated carbocycles. The van der Waals surface area contributed by atoms with Gasteiger partial charge in [0.2, 0.25) is 0 Å². The molecule has 0 aromatic heterocycles. The van der Waals surface area contributed by atoms with Crippen LogP contribution in [0.25, 0.3) is 0 Å². The summed E-state index contributed by atoms with van der Waals surface area (Å²) in [5, 5.41) is 0. The summed E-state index contributed by atoms with van der Waals surface area (Å²) in [6.07, 6.45) is 0. The average Bonchev–Trinajstić information content (AvgIpc) is 2.55. The average molecular weight is 300 g/mol. The van der Waals surface area contributed by atoms with Crippen LogP contribution in [0.1, 0.15) is 34.6 Å². The van der Waals surface area contributed by atoms with Gasteiger partial charge in [0.05, 0.1) is 19.8 Å². The summed E-state index contributed by atoms with van der Waals surface area (Å²) in [5.74, 6) is 1.45. The van der Waals surface area contributed by atoms with Gasteiger partial charge in [0.25, 0.3) is 0 Å². The molecule has 0 fully saturated rings. The summed E-state index contributed by atoms with van der Waals surface area (Å²) < 4.78 is 9.94. The zero-order valence-corrected chi connectivity index (χ0v) is 13.3. The Morgan fingerprint density at radius 2 is 1.50 bits per heavy atom. The summed E-state index contributed by atoms with van der Waals surface area (Å²) in [6.45, 7) is 3.06. The minimum absolute atomic E-state index is 0.0300. The van der Waals surface area contributed by atoms with Crippen molar-refractivity contribution in [2.45, 2.75) is 13.8 Å². The largest absolute Gasteiger partial charge is 0.497 e. The van der Waals surface area contributed by atoms with Crippen LogP contribution in [-0.4, -0.2) is 25.8 Å². The van der Waals surface area contributed by atoms with Crippen molar-refractivity contribution in [3.63, 3.8) is 0 Å². The van der Waals surface area contributed by atoms with E-state index in [1.807, 2.05) is 18.2 Å². The summed E-state index contributed by atoms with van der Waals surface area (Å²) in [5.41, 5.74) is 1.32. The van der Waals surface area contributed by atoms with Gasteiger partial charge in [-0.2, -0.15) is 0 Å². The zero-order valence-electron chi connectivity index (χ0n) is 13.3. The lowest BCUT2D eigenvalue weighted by molar-refractivity contribution is 0.100. The van der Waals surface area contributed by atoms with E-state index in [4.69, 9.17) is 9.47 Å². The molecular formula is C18H20O4. The molecule has 2 aromatic rings. The number of rotatable bonds is 4. The number of ketones is 2. The van der Waals surface area contributed by atoms with Crippen molar-refractivity contribution >= 4 is 11.6 Å². The Morgan fingerprint density at radius 1 is 0.818 bits per heavy atom. The van der Waals surface area contributed by atoms with Gasteiger partial charge < -0.3 is 9.47 Å². The molecule has 0 atom stereocenters. The first-order valence-electron chi connectivity index (χ1n) is 6.78. The molecule has 0 N–H and O–H groups in total. The number of para-hydroxylation sites is 1. The lowest BCUT2D eigenvalue weighted by atomic mass is 10.1. The van der Waals surface area contributed by atoms with Crippen LogP contribution < -0.4 is 9.47 Å². The van der Waals surface area contributed by atoms with Crippen LogP contribution in [0.4, 0.5) is 0 Å². The highest BCUT2D eigenvalue weighted by molar-refractivity contribution is 5.96. The maximum atomic E-state index is 10.9. The smallest absolute Gasteiger partial charge is 0.163 e. The number of methoxy groups -OCH3 is 2. The van der Waals surface area contributed by atoms with E-state index < -0.39 is 0 Å². The molecule has 0 aliphatic rings. The van der Waals surface area contributed by atoms with E-state index in [0.717, 1.165) is 5.75 Å². The molecule has 2 rings (SSSR count). The molecular weight excluding hydrogens is 280 g/mol. The molecule has 0 spiro atoms. The first kappa shape index (κ1) is 17.4. The Labute approximate surface area is 130 Å². The van der Waals surface area contributed by atoms with E-state index in [0.29, 0.717) is 16.9 Å². The highest BCUT2D eigenvalue weighted by atomic mass is 16.5. The summed E-state index contributed by atoms with van der Waals surface area (Å²) >= 11 is 0. The van der Waals surface area contributed by atoms with Crippen molar-refractivity contribution in [3.05, 3.63) is 59.7 Å². The van der Waals surface area contributed by atoms with Gasteiger partial charge in [0, 0.05) is 5.56 Å². The van der Waals surface area contributed by atoms with Crippen molar-refractivity contribution in [3.8, 4) is 11.5 Å². The van der Waals surface area contributed by atoms with Gasteiger partial charge in [0.1, 0.15) is 11.5 Å². The number of hydrogen-bond acceptors (Lipinski definition) is 4. The fourth-order valence-corrected chi connectivity index (χ4v) is 1.78. The molecule has 4 nitrogen and oxygen atoms in total. The molecule has 0 aliphatic carbocycles. The van der Waals surface area contributed by atoms with E-state index in [1.165, 1.54) is 13.8 Å². The maximum absolute atomic E-state index is 10.9. The highest BCUT2D eigenvalue weighted by Crippen LogP contribution is 2.17. The van der Waals surface area contributed by atoms with E-state index in [1.54, 1.807) is 44.6 Å². The number of Topliss-reactive ketones (excluding diaryl/α,β-unsaturated/α-hetero) is 2. The van der Waals surface area contributed by atoms with Crippen LogP contribution in [0.3, 0.4) is 0 Å². The lowest BCUT2D eigenvalue weighted by Crippen LogP contribution is -1.96. The minimum atomic E-state index is 0.0300. The molecule has 0 saturated heterocycles. The normalized spacial score (nSPS) is 9.27. The Bertz CT molecular complexity index is 647. The highest BCUT2D eigenvalue weighted by Gasteiger charge is 2.04. The van der Waals surface area contributed by atoms with Crippen molar-refractivity contribution < 1.29 is 19.1 Å². The second-order valence-electron chi connectivity index (χ2n) is 4.54. The molecule has 116 valence electrons. The molecule has 4 heteroatoms. The van der Waals surface area contributed by atoms with Crippen molar-refractivity contribution in [1.29, 1.82) is 0 Å². The van der Waals surface area contributed by atoms with Crippen molar-refractivity contribution in [2.75, 3.05) is 14.2 Å². The molecule has 0 unspecified atom stereocenters. The van der Waals surface area contributed by atoms with Gasteiger partial charge in [-0.15, -0.1) is 0 Å². The van der Waals surface area contributed by atoms with Gasteiger partial charge >= 0.3 is 0 Å². The van der Waals surface area contributed by atoms with Gasteiger partial charge in [-0.05, 0) is 38.1 Å². The Morgan fingerprint density at radius 3 is 2.00 bits per heavy atom. The zero-order chi connectivity index (χ0) is 16.5. The van der Waals surface area contributed by atoms with E-state index in [2.05, 4.69) is 0 Å². The standard InChI is InChI=1S/2C9H10O2/c1-7(10)8-4-3-5-9(6-8)11-2;1-7(10)8-5-3-4-6-9(8)11-2/h2*3-6H,1-2H3. The molecule has 22 heavy (non-hydrogen) atoms. The topological polar surface area (TPSA) is 52.6 Å². The Hall–Kier alpha value is -2.62. The Balaban J connectivity index is 0.000000220. The lowest BCUT2D eigenvalue weighted by Gasteiger charge is -2.03.